The average molecular weight is 448 g/mol. The molecule has 0 heterocycles. The summed E-state index contributed by atoms with van der Waals surface area (Å²) in [4.78, 5) is 23.6. The van der Waals surface area contributed by atoms with Crippen LogP contribution in [0.4, 0.5) is 4.79 Å². The van der Waals surface area contributed by atoms with E-state index in [2.05, 4.69) is 5.32 Å². The van der Waals surface area contributed by atoms with E-state index in [9.17, 15) is 24.9 Å². The fourth-order valence-corrected chi connectivity index (χ4v) is 4.11. The number of nitrogens with two attached hydrogens (primary N) is 1. The number of rotatable bonds is 7. The van der Waals surface area contributed by atoms with Crippen LogP contribution >= 0.6 is 0 Å². The number of alkyl carbamates (subject to hydrolysis) is 1. The van der Waals surface area contributed by atoms with Gasteiger partial charge in [0.25, 0.3) is 5.91 Å². The fourth-order valence-electron chi connectivity index (χ4n) is 4.11. The summed E-state index contributed by atoms with van der Waals surface area (Å²) in [7, 11) is 0. The number of ether oxygens (including phenoxy) is 1. The molecule has 0 aliphatic heterocycles. The van der Waals surface area contributed by atoms with E-state index in [-0.39, 0.29) is 35.9 Å². The molecule has 8 nitrogen and oxygen atoms in total. The highest BCUT2D eigenvalue weighted by atomic mass is 16.5. The van der Waals surface area contributed by atoms with E-state index in [1.54, 1.807) is 0 Å². The molecule has 0 aromatic heterocycles. The van der Waals surface area contributed by atoms with Gasteiger partial charge in [-0.05, 0) is 39.9 Å². The van der Waals surface area contributed by atoms with Crippen LogP contribution in [0.15, 0.2) is 66.7 Å². The van der Waals surface area contributed by atoms with E-state index in [4.69, 9.17) is 10.5 Å². The highest BCUT2D eigenvalue weighted by Gasteiger charge is 2.29. The smallest absolute Gasteiger partial charge is 0.407 e. The van der Waals surface area contributed by atoms with E-state index in [0.29, 0.717) is 0 Å². The van der Waals surface area contributed by atoms with E-state index in [0.717, 1.165) is 22.3 Å². The number of amides is 2. The Morgan fingerprint density at radius 1 is 0.970 bits per heavy atom. The Bertz CT molecular complexity index is 1150. The van der Waals surface area contributed by atoms with E-state index in [1.807, 2.05) is 48.5 Å². The van der Waals surface area contributed by atoms with Gasteiger partial charge in [0.15, 0.2) is 0 Å². The maximum absolute atomic E-state index is 12.3. The molecule has 0 saturated carbocycles. The fraction of sp³-hybridized carbons (Fsp3) is 0.200. The first kappa shape index (κ1) is 22.3. The van der Waals surface area contributed by atoms with Crippen LogP contribution < -0.4 is 11.1 Å². The summed E-state index contributed by atoms with van der Waals surface area (Å²) in [6.45, 7) is -0.164. The molecule has 0 bridgehead atoms. The van der Waals surface area contributed by atoms with Gasteiger partial charge in [0.2, 0.25) is 0 Å². The van der Waals surface area contributed by atoms with Crippen LogP contribution in [0.1, 0.15) is 39.1 Å². The van der Waals surface area contributed by atoms with Gasteiger partial charge in [-0.1, -0.05) is 54.6 Å². The first-order chi connectivity index (χ1) is 15.9. The Balaban J connectivity index is 1.35. The van der Waals surface area contributed by atoms with Crippen molar-refractivity contribution in [2.24, 2.45) is 5.73 Å². The number of benzene rings is 3. The Hall–Kier alpha value is -3.88. The zero-order chi connectivity index (χ0) is 23.5. The van der Waals surface area contributed by atoms with Gasteiger partial charge in [-0.25, -0.2) is 4.79 Å². The van der Waals surface area contributed by atoms with Gasteiger partial charge in [0, 0.05) is 12.5 Å². The second-order valence-electron chi connectivity index (χ2n) is 7.86. The number of carbonyl (C=O) groups excluding carboxylic acids is 2. The minimum Gasteiger partial charge on any atom is -0.507 e. The number of hydrogen-bond donors (Lipinski definition) is 5. The van der Waals surface area contributed by atoms with Crippen LogP contribution in [0.25, 0.3) is 11.1 Å². The molecule has 3 aromatic carbocycles. The zero-order valence-electron chi connectivity index (χ0n) is 17.6. The molecule has 3 aromatic rings. The molecule has 0 fully saturated rings. The first-order valence-corrected chi connectivity index (χ1v) is 10.4. The molecule has 170 valence electrons. The third-order valence-corrected chi connectivity index (χ3v) is 5.79. The van der Waals surface area contributed by atoms with Gasteiger partial charge in [0.05, 0.1) is 5.56 Å². The second kappa shape index (κ2) is 9.32. The Morgan fingerprint density at radius 2 is 1.58 bits per heavy atom. The third-order valence-electron chi connectivity index (χ3n) is 5.79. The highest BCUT2D eigenvalue weighted by molar-refractivity contribution is 5.95. The molecular formula is C25H24N2O6. The molecule has 8 heteroatoms. The Labute approximate surface area is 190 Å². The molecule has 0 saturated heterocycles. The summed E-state index contributed by atoms with van der Waals surface area (Å²) in [6.07, 6.45) is -3.53. The number of aliphatic hydroxyl groups is 2. The first-order valence-electron chi connectivity index (χ1n) is 10.4. The Kier molecular flexibility index (Phi) is 6.30. The highest BCUT2D eigenvalue weighted by Crippen LogP contribution is 2.44. The topological polar surface area (TPSA) is 142 Å². The van der Waals surface area contributed by atoms with Crippen molar-refractivity contribution in [3.8, 4) is 16.9 Å². The van der Waals surface area contributed by atoms with Crippen LogP contribution in [-0.2, 0) is 4.74 Å². The predicted molar refractivity (Wildman–Crippen MR) is 121 cm³/mol. The Morgan fingerprint density at radius 3 is 2.18 bits per heavy atom. The largest absolute Gasteiger partial charge is 0.507 e. The lowest BCUT2D eigenvalue weighted by Gasteiger charge is -2.20. The third kappa shape index (κ3) is 4.52. The lowest BCUT2D eigenvalue weighted by Crippen LogP contribution is -2.36. The van der Waals surface area contributed by atoms with E-state index < -0.39 is 24.2 Å². The van der Waals surface area contributed by atoms with E-state index in [1.165, 1.54) is 18.2 Å². The summed E-state index contributed by atoms with van der Waals surface area (Å²) in [5, 5.41) is 32.7. The number of aliphatic hydroxyl groups excluding tert-OH is 2. The minimum atomic E-state index is -1.42. The minimum absolute atomic E-state index is 0.0946. The number of phenols is 1. The molecule has 6 N–H and O–H groups in total. The maximum atomic E-state index is 12.3. The summed E-state index contributed by atoms with van der Waals surface area (Å²) < 4.78 is 5.40. The number of nitrogens with one attached hydrogen (secondary N) is 1. The SMILES string of the molecule is NC(=O)c1cc(C(O)C(O)CNC(=O)OCC2c3ccccc3-c3ccccc32)ccc1O. The summed E-state index contributed by atoms with van der Waals surface area (Å²) in [5.41, 5.74) is 9.58. The molecule has 33 heavy (non-hydrogen) atoms. The van der Waals surface area contributed by atoms with Crippen LogP contribution in [0, 0.1) is 0 Å². The van der Waals surface area contributed by atoms with Crippen LogP contribution in [0.3, 0.4) is 0 Å². The number of primary amides is 1. The molecule has 0 radical (unpaired) electrons. The predicted octanol–water partition coefficient (Wildman–Crippen LogP) is 2.42. The monoisotopic (exact) mass is 448 g/mol. The number of aromatic hydroxyl groups is 1. The molecule has 0 spiro atoms. The van der Waals surface area contributed by atoms with Crippen molar-refractivity contribution in [3.05, 3.63) is 89.0 Å². The zero-order valence-corrected chi connectivity index (χ0v) is 17.6. The van der Waals surface area contributed by atoms with Crippen molar-refractivity contribution in [2.45, 2.75) is 18.1 Å². The van der Waals surface area contributed by atoms with Crippen molar-refractivity contribution < 1.29 is 29.6 Å². The van der Waals surface area contributed by atoms with Gasteiger partial charge < -0.3 is 31.1 Å². The van der Waals surface area contributed by atoms with Crippen molar-refractivity contribution in [3.63, 3.8) is 0 Å². The van der Waals surface area contributed by atoms with Crippen LogP contribution in [-0.4, -0.2) is 46.6 Å². The van der Waals surface area contributed by atoms with Gasteiger partial charge >= 0.3 is 6.09 Å². The van der Waals surface area contributed by atoms with Gasteiger partial charge in [-0.2, -0.15) is 0 Å². The van der Waals surface area contributed by atoms with Gasteiger partial charge in [-0.15, -0.1) is 0 Å². The van der Waals surface area contributed by atoms with Gasteiger partial charge in [-0.3, -0.25) is 4.79 Å². The van der Waals surface area contributed by atoms with Crippen LogP contribution in [0.2, 0.25) is 0 Å². The summed E-state index contributed by atoms with van der Waals surface area (Å²) in [5.74, 6) is -1.29. The molecular weight excluding hydrogens is 424 g/mol. The summed E-state index contributed by atoms with van der Waals surface area (Å²) in [6, 6.07) is 19.7. The standard InChI is InChI=1S/C25H24N2O6/c26-24(31)19-11-14(9-10-21(19)28)23(30)22(29)12-27-25(32)33-13-20-17-7-3-1-5-15(17)16-6-2-4-8-18(16)20/h1-11,20,22-23,28-30H,12-13H2,(H2,26,31)(H,27,32). The molecule has 2 amide bonds. The van der Waals surface area contributed by atoms with Gasteiger partial charge in [0.1, 0.15) is 24.6 Å². The maximum Gasteiger partial charge on any atom is 0.407 e. The quantitative estimate of drug-likeness (QED) is 0.376. The van der Waals surface area contributed by atoms with Crippen LogP contribution in [0.5, 0.6) is 5.75 Å². The lowest BCUT2D eigenvalue weighted by molar-refractivity contribution is 0.0185. The molecule has 2 atom stereocenters. The lowest BCUT2D eigenvalue weighted by atomic mass is 9.98. The van der Waals surface area contributed by atoms with Crippen molar-refractivity contribution >= 4 is 12.0 Å². The molecule has 4 rings (SSSR count). The normalized spacial score (nSPS) is 14.1. The van der Waals surface area contributed by atoms with E-state index >= 15 is 0 Å². The average Bonchev–Trinajstić information content (AvgIpc) is 3.14. The number of fused-ring (bicyclic) bond motifs is 3. The van der Waals surface area contributed by atoms with Crippen molar-refractivity contribution in [1.29, 1.82) is 0 Å². The molecule has 2 unspecified atom stereocenters. The van der Waals surface area contributed by atoms with Crippen molar-refractivity contribution in [1.82, 2.24) is 5.32 Å². The van der Waals surface area contributed by atoms with Crippen molar-refractivity contribution in [2.75, 3.05) is 13.2 Å². The molecule has 1 aliphatic carbocycles. The number of carbonyl (C=O) groups is 2. The second-order valence-corrected chi connectivity index (χ2v) is 7.86. The summed E-state index contributed by atoms with van der Waals surface area (Å²) >= 11 is 0. The molecule has 1 aliphatic rings. The number of hydrogen-bond acceptors (Lipinski definition) is 6.